The predicted octanol–water partition coefficient (Wildman–Crippen LogP) is 4.12. The standard InChI is InChI=1S/C20H19FN2O4S2/c1-2-27-18-6-3-5-16(13-18)22-19(24)14-23(17-10-8-15(21)9-11-17)29(25,26)20-7-4-12-28-20/h3-13H,2,14H2,1H3,(H,22,24). The van der Waals surface area contributed by atoms with Crippen molar-refractivity contribution in [2.24, 2.45) is 0 Å². The van der Waals surface area contributed by atoms with Gasteiger partial charge < -0.3 is 10.1 Å². The fourth-order valence-electron chi connectivity index (χ4n) is 2.60. The maximum Gasteiger partial charge on any atom is 0.274 e. The average molecular weight is 435 g/mol. The lowest BCUT2D eigenvalue weighted by molar-refractivity contribution is -0.114. The molecule has 3 rings (SSSR count). The van der Waals surface area contributed by atoms with Crippen molar-refractivity contribution in [3.63, 3.8) is 0 Å². The Hall–Kier alpha value is -2.91. The molecular formula is C20H19FN2O4S2. The number of amides is 1. The third-order valence-electron chi connectivity index (χ3n) is 3.87. The largest absolute Gasteiger partial charge is 0.494 e. The van der Waals surface area contributed by atoms with Crippen LogP contribution in [0.2, 0.25) is 0 Å². The van der Waals surface area contributed by atoms with E-state index in [1.807, 2.05) is 6.92 Å². The summed E-state index contributed by atoms with van der Waals surface area (Å²) in [5.41, 5.74) is 0.673. The smallest absolute Gasteiger partial charge is 0.274 e. The van der Waals surface area contributed by atoms with E-state index >= 15 is 0 Å². The van der Waals surface area contributed by atoms with E-state index in [1.165, 1.54) is 18.2 Å². The Morgan fingerprint density at radius 2 is 1.90 bits per heavy atom. The molecule has 1 N–H and O–H groups in total. The molecule has 0 atom stereocenters. The normalized spacial score (nSPS) is 11.1. The maximum atomic E-state index is 13.3. The van der Waals surface area contributed by atoms with Crippen molar-refractivity contribution in [3.8, 4) is 5.75 Å². The molecular weight excluding hydrogens is 415 g/mol. The van der Waals surface area contributed by atoms with Crippen molar-refractivity contribution >= 4 is 38.6 Å². The molecule has 152 valence electrons. The van der Waals surface area contributed by atoms with Crippen LogP contribution in [0.5, 0.6) is 5.75 Å². The van der Waals surface area contributed by atoms with E-state index in [0.717, 1.165) is 27.8 Å². The van der Waals surface area contributed by atoms with Crippen LogP contribution in [0.1, 0.15) is 6.92 Å². The molecule has 1 amide bonds. The molecule has 0 aliphatic heterocycles. The number of hydrogen-bond acceptors (Lipinski definition) is 5. The lowest BCUT2D eigenvalue weighted by Crippen LogP contribution is -2.37. The Labute approximate surface area is 172 Å². The minimum atomic E-state index is -3.98. The average Bonchev–Trinajstić information content (AvgIpc) is 3.23. The van der Waals surface area contributed by atoms with E-state index in [2.05, 4.69) is 5.32 Å². The number of nitrogens with one attached hydrogen (secondary N) is 1. The zero-order chi connectivity index (χ0) is 20.9. The van der Waals surface area contributed by atoms with Gasteiger partial charge in [0.05, 0.1) is 12.3 Å². The molecule has 0 aliphatic carbocycles. The molecule has 0 radical (unpaired) electrons. The van der Waals surface area contributed by atoms with Gasteiger partial charge in [-0.3, -0.25) is 9.10 Å². The second-order valence-corrected chi connectivity index (χ2v) is 8.97. The molecule has 0 saturated carbocycles. The molecule has 1 heterocycles. The summed E-state index contributed by atoms with van der Waals surface area (Å²) >= 11 is 1.04. The highest BCUT2D eigenvalue weighted by molar-refractivity contribution is 7.94. The van der Waals surface area contributed by atoms with Gasteiger partial charge in [0, 0.05) is 11.8 Å². The van der Waals surface area contributed by atoms with Gasteiger partial charge in [0.25, 0.3) is 10.0 Å². The highest BCUT2D eigenvalue weighted by Crippen LogP contribution is 2.27. The summed E-state index contributed by atoms with van der Waals surface area (Å²) in [4.78, 5) is 12.6. The highest BCUT2D eigenvalue weighted by atomic mass is 32.2. The minimum Gasteiger partial charge on any atom is -0.494 e. The Morgan fingerprint density at radius 3 is 2.55 bits per heavy atom. The van der Waals surface area contributed by atoms with Gasteiger partial charge in [-0.15, -0.1) is 11.3 Å². The molecule has 0 bridgehead atoms. The van der Waals surface area contributed by atoms with Crippen molar-refractivity contribution in [2.45, 2.75) is 11.1 Å². The first-order chi connectivity index (χ1) is 13.9. The zero-order valence-corrected chi connectivity index (χ0v) is 17.2. The molecule has 0 unspecified atom stereocenters. The zero-order valence-electron chi connectivity index (χ0n) is 15.5. The number of benzene rings is 2. The molecule has 1 aromatic heterocycles. The van der Waals surface area contributed by atoms with E-state index in [0.29, 0.717) is 18.0 Å². The maximum absolute atomic E-state index is 13.3. The van der Waals surface area contributed by atoms with Crippen LogP contribution in [-0.4, -0.2) is 27.5 Å². The number of carbonyl (C=O) groups excluding carboxylic acids is 1. The van der Waals surface area contributed by atoms with Crippen LogP contribution in [0.3, 0.4) is 0 Å². The van der Waals surface area contributed by atoms with Gasteiger partial charge in [-0.25, -0.2) is 12.8 Å². The summed E-state index contributed by atoms with van der Waals surface area (Å²) < 4.78 is 45.9. The third-order valence-corrected chi connectivity index (χ3v) is 7.02. The molecule has 9 heteroatoms. The van der Waals surface area contributed by atoms with Crippen molar-refractivity contribution in [3.05, 3.63) is 71.9 Å². The summed E-state index contributed by atoms with van der Waals surface area (Å²) in [6, 6.07) is 14.8. The van der Waals surface area contributed by atoms with E-state index in [4.69, 9.17) is 4.74 Å². The number of hydrogen-bond donors (Lipinski definition) is 1. The van der Waals surface area contributed by atoms with Crippen LogP contribution in [0.4, 0.5) is 15.8 Å². The first kappa shape index (κ1) is 20.8. The quantitative estimate of drug-likeness (QED) is 0.579. The Morgan fingerprint density at radius 1 is 1.14 bits per heavy atom. The van der Waals surface area contributed by atoms with Crippen LogP contribution in [-0.2, 0) is 14.8 Å². The summed E-state index contributed by atoms with van der Waals surface area (Å²) in [6.07, 6.45) is 0. The topological polar surface area (TPSA) is 75.7 Å². The summed E-state index contributed by atoms with van der Waals surface area (Å²) in [7, 11) is -3.98. The van der Waals surface area contributed by atoms with Crippen molar-refractivity contribution in [2.75, 3.05) is 22.8 Å². The number of nitrogens with zero attached hydrogens (tertiary/aromatic N) is 1. The number of carbonyl (C=O) groups is 1. The fourth-order valence-corrected chi connectivity index (χ4v) is 5.13. The SMILES string of the molecule is CCOc1cccc(NC(=O)CN(c2ccc(F)cc2)S(=O)(=O)c2cccs2)c1. The first-order valence-electron chi connectivity index (χ1n) is 8.74. The van der Waals surface area contributed by atoms with Crippen LogP contribution in [0.15, 0.2) is 70.3 Å². The number of anilines is 2. The monoisotopic (exact) mass is 434 g/mol. The van der Waals surface area contributed by atoms with E-state index < -0.39 is 28.3 Å². The number of sulfonamides is 1. The molecule has 29 heavy (non-hydrogen) atoms. The fraction of sp³-hybridized carbons (Fsp3) is 0.150. The van der Waals surface area contributed by atoms with Crippen LogP contribution in [0.25, 0.3) is 0 Å². The van der Waals surface area contributed by atoms with Gasteiger partial charge in [-0.1, -0.05) is 12.1 Å². The lowest BCUT2D eigenvalue weighted by Gasteiger charge is -2.23. The molecule has 0 fully saturated rings. The number of rotatable bonds is 8. The Bertz CT molecular complexity index is 1070. The lowest BCUT2D eigenvalue weighted by atomic mass is 10.3. The summed E-state index contributed by atoms with van der Waals surface area (Å²) in [5.74, 6) is -0.450. The molecule has 3 aromatic rings. The van der Waals surface area contributed by atoms with Crippen LogP contribution in [0, 0.1) is 5.82 Å². The Balaban J connectivity index is 1.86. The van der Waals surface area contributed by atoms with Crippen molar-refractivity contribution in [1.29, 1.82) is 0 Å². The number of halogens is 1. The Kier molecular flexibility index (Phi) is 6.50. The number of thiophene rings is 1. The highest BCUT2D eigenvalue weighted by Gasteiger charge is 2.28. The van der Waals surface area contributed by atoms with E-state index in [-0.39, 0.29) is 9.90 Å². The second-order valence-electron chi connectivity index (χ2n) is 5.93. The van der Waals surface area contributed by atoms with Crippen molar-refractivity contribution < 1.29 is 22.3 Å². The molecule has 0 saturated heterocycles. The van der Waals surface area contributed by atoms with Gasteiger partial charge in [-0.05, 0) is 54.8 Å². The van der Waals surface area contributed by atoms with E-state index in [9.17, 15) is 17.6 Å². The van der Waals surface area contributed by atoms with Gasteiger partial charge in [0.2, 0.25) is 5.91 Å². The predicted molar refractivity (Wildman–Crippen MR) is 111 cm³/mol. The molecule has 0 aliphatic rings. The third kappa shape index (κ3) is 5.12. The van der Waals surface area contributed by atoms with Crippen LogP contribution < -0.4 is 14.4 Å². The van der Waals surface area contributed by atoms with Gasteiger partial charge in [0.15, 0.2) is 0 Å². The van der Waals surface area contributed by atoms with Crippen LogP contribution >= 0.6 is 11.3 Å². The number of ether oxygens (including phenoxy) is 1. The van der Waals surface area contributed by atoms with E-state index in [1.54, 1.807) is 35.7 Å². The summed E-state index contributed by atoms with van der Waals surface area (Å²) in [5, 5.41) is 4.31. The van der Waals surface area contributed by atoms with Gasteiger partial charge in [0.1, 0.15) is 22.3 Å². The second kappa shape index (κ2) is 9.06. The molecule has 2 aromatic carbocycles. The van der Waals surface area contributed by atoms with Gasteiger partial charge >= 0.3 is 0 Å². The van der Waals surface area contributed by atoms with Crippen molar-refractivity contribution in [1.82, 2.24) is 0 Å². The minimum absolute atomic E-state index is 0.0907. The summed E-state index contributed by atoms with van der Waals surface area (Å²) in [6.45, 7) is 1.86. The first-order valence-corrected chi connectivity index (χ1v) is 11.1. The molecule has 0 spiro atoms. The van der Waals surface area contributed by atoms with Gasteiger partial charge in [-0.2, -0.15) is 0 Å². The molecule has 6 nitrogen and oxygen atoms in total.